The summed E-state index contributed by atoms with van der Waals surface area (Å²) in [4.78, 5) is 42.9. The van der Waals surface area contributed by atoms with Gasteiger partial charge >= 0.3 is 5.97 Å². The number of rotatable bonds is 10. The zero-order chi connectivity index (χ0) is 20.5. The van der Waals surface area contributed by atoms with Gasteiger partial charge in [0.05, 0.1) is 12.4 Å². The van der Waals surface area contributed by atoms with E-state index in [1.54, 1.807) is 0 Å². The molecule has 0 aliphatic rings. The van der Waals surface area contributed by atoms with Crippen LogP contribution in [0.3, 0.4) is 0 Å². The Hall–Kier alpha value is -2.85. The zero-order valence-corrected chi connectivity index (χ0v) is 15.9. The third-order valence-electron chi connectivity index (χ3n) is 4.04. The fraction of sp³-hybridized carbons (Fsp3) is 0.333. The van der Waals surface area contributed by atoms with E-state index in [0.29, 0.717) is 12.1 Å². The van der Waals surface area contributed by atoms with Crippen molar-refractivity contribution in [3.8, 4) is 0 Å². The van der Waals surface area contributed by atoms with E-state index < -0.39 is 35.9 Å². The number of aliphatic carboxylic acids is 1. The molecule has 0 spiro atoms. The summed E-state index contributed by atoms with van der Waals surface area (Å²) >= 11 is 3.93. The molecule has 0 aliphatic carbocycles. The van der Waals surface area contributed by atoms with Crippen molar-refractivity contribution in [3.05, 3.63) is 54.1 Å². The number of amides is 2. The Kier molecular flexibility index (Phi) is 8.02. The highest BCUT2D eigenvalue weighted by Gasteiger charge is 2.28. The number of carboxylic acids is 1. The first-order valence-corrected chi connectivity index (χ1v) is 9.25. The topological polar surface area (TPSA) is 150 Å². The summed E-state index contributed by atoms with van der Waals surface area (Å²) in [7, 11) is 0. The summed E-state index contributed by atoms with van der Waals surface area (Å²) in [5.41, 5.74) is 7.47. The Bertz CT molecular complexity index is 785. The minimum Gasteiger partial charge on any atom is -0.480 e. The molecule has 0 saturated heterocycles. The number of nitrogens with two attached hydrogens (primary N) is 1. The first kappa shape index (κ1) is 21.5. The van der Waals surface area contributed by atoms with Crippen molar-refractivity contribution >= 4 is 30.4 Å². The lowest BCUT2D eigenvalue weighted by Crippen LogP contribution is -2.55. The van der Waals surface area contributed by atoms with Crippen molar-refractivity contribution in [2.24, 2.45) is 5.73 Å². The van der Waals surface area contributed by atoms with E-state index >= 15 is 0 Å². The number of benzene rings is 1. The van der Waals surface area contributed by atoms with Gasteiger partial charge in [-0.05, 0) is 12.0 Å². The largest absolute Gasteiger partial charge is 0.480 e. The molecule has 150 valence electrons. The van der Waals surface area contributed by atoms with Crippen LogP contribution in [0.25, 0.3) is 0 Å². The number of H-pyrrole nitrogens is 1. The minimum atomic E-state index is -1.21. The van der Waals surface area contributed by atoms with E-state index in [0.717, 1.165) is 5.56 Å². The minimum absolute atomic E-state index is 0.0840. The molecule has 0 fully saturated rings. The molecule has 2 amide bonds. The fourth-order valence-corrected chi connectivity index (χ4v) is 2.77. The van der Waals surface area contributed by atoms with Crippen molar-refractivity contribution in [2.45, 2.75) is 31.0 Å². The third-order valence-corrected chi connectivity index (χ3v) is 4.41. The highest BCUT2D eigenvalue weighted by molar-refractivity contribution is 7.80. The molecule has 2 aromatic rings. The quantitative estimate of drug-likeness (QED) is 0.294. The van der Waals surface area contributed by atoms with Gasteiger partial charge in [-0.15, -0.1) is 0 Å². The van der Waals surface area contributed by atoms with Crippen LogP contribution in [-0.2, 0) is 27.2 Å². The molecule has 0 bridgehead atoms. The summed E-state index contributed by atoms with van der Waals surface area (Å²) in [5.74, 6) is -2.45. The molecule has 6 N–H and O–H groups in total. The predicted molar refractivity (Wildman–Crippen MR) is 106 cm³/mol. The number of carbonyl (C=O) groups excluding carboxylic acids is 2. The van der Waals surface area contributed by atoms with Crippen molar-refractivity contribution < 1.29 is 19.5 Å². The second-order valence-corrected chi connectivity index (χ2v) is 6.59. The van der Waals surface area contributed by atoms with Gasteiger partial charge < -0.3 is 26.5 Å². The molecule has 28 heavy (non-hydrogen) atoms. The number of thiol groups is 1. The molecular formula is C18H23N5O4S. The Morgan fingerprint density at radius 1 is 1.11 bits per heavy atom. The Labute approximate surface area is 167 Å². The lowest BCUT2D eigenvalue weighted by atomic mass is 10.0. The number of nitrogens with zero attached hydrogens (tertiary/aromatic N) is 1. The van der Waals surface area contributed by atoms with Gasteiger partial charge in [0.25, 0.3) is 0 Å². The van der Waals surface area contributed by atoms with Crippen LogP contribution in [0.5, 0.6) is 0 Å². The van der Waals surface area contributed by atoms with Gasteiger partial charge in [-0.3, -0.25) is 9.59 Å². The summed E-state index contributed by atoms with van der Waals surface area (Å²) in [6, 6.07) is 6.21. The van der Waals surface area contributed by atoms with Crippen LogP contribution in [0.2, 0.25) is 0 Å². The zero-order valence-electron chi connectivity index (χ0n) is 15.0. The number of aromatic nitrogens is 2. The molecule has 9 nitrogen and oxygen atoms in total. The number of nitrogens with one attached hydrogen (secondary N) is 3. The van der Waals surface area contributed by atoms with Crippen LogP contribution in [0.4, 0.5) is 0 Å². The number of hydrogen-bond acceptors (Lipinski definition) is 6. The van der Waals surface area contributed by atoms with Gasteiger partial charge in [-0.25, -0.2) is 9.78 Å². The van der Waals surface area contributed by atoms with Gasteiger partial charge in [0, 0.05) is 24.1 Å². The maximum absolute atomic E-state index is 12.6. The second-order valence-electron chi connectivity index (χ2n) is 6.22. The molecule has 3 unspecified atom stereocenters. The fourth-order valence-electron chi connectivity index (χ4n) is 2.52. The number of hydrogen-bond donors (Lipinski definition) is 6. The lowest BCUT2D eigenvalue weighted by molar-refractivity contribution is -0.141. The van der Waals surface area contributed by atoms with Gasteiger partial charge in [0.2, 0.25) is 11.8 Å². The Morgan fingerprint density at radius 2 is 1.79 bits per heavy atom. The molecule has 10 heteroatoms. The molecule has 3 atom stereocenters. The maximum atomic E-state index is 12.6. The number of carboxylic acid groups (broad SMARTS) is 1. The van der Waals surface area contributed by atoms with Crippen LogP contribution in [-0.4, -0.2) is 56.7 Å². The average Bonchev–Trinajstić information content (AvgIpc) is 3.18. The SMILES string of the molecule is NC(Cc1ccccc1)C(=O)NC(Cc1cnc[nH]1)C(=O)NC(CS)C(=O)O. The van der Waals surface area contributed by atoms with Crippen LogP contribution in [0.15, 0.2) is 42.9 Å². The van der Waals surface area contributed by atoms with Crippen LogP contribution >= 0.6 is 12.6 Å². The standard InChI is InChI=1S/C18H23N5O4S/c19-13(6-11-4-2-1-3-5-11)16(24)22-14(7-12-8-20-10-21-12)17(25)23-15(9-28)18(26)27/h1-5,8,10,13-15,28H,6-7,9,19H2,(H,20,21)(H,22,24)(H,23,25)(H,26,27). The monoisotopic (exact) mass is 405 g/mol. The first-order valence-electron chi connectivity index (χ1n) is 8.62. The normalized spacial score (nSPS) is 13.9. The first-order chi connectivity index (χ1) is 13.4. The molecule has 0 saturated carbocycles. The molecule has 0 aliphatic heterocycles. The van der Waals surface area contributed by atoms with Crippen molar-refractivity contribution in [3.63, 3.8) is 0 Å². The van der Waals surface area contributed by atoms with Crippen molar-refractivity contribution in [2.75, 3.05) is 5.75 Å². The Morgan fingerprint density at radius 3 is 2.36 bits per heavy atom. The smallest absolute Gasteiger partial charge is 0.327 e. The highest BCUT2D eigenvalue weighted by Crippen LogP contribution is 2.04. The number of carbonyl (C=O) groups is 3. The summed E-state index contributed by atoms with van der Waals surface area (Å²) in [6.45, 7) is 0. The Balaban J connectivity index is 2.06. The van der Waals surface area contributed by atoms with Crippen LogP contribution in [0, 0.1) is 0 Å². The predicted octanol–water partition coefficient (Wildman–Crippen LogP) is -0.494. The molecule has 2 rings (SSSR count). The second kappa shape index (κ2) is 10.5. The molecule has 1 aromatic carbocycles. The average molecular weight is 405 g/mol. The van der Waals surface area contributed by atoms with Crippen LogP contribution < -0.4 is 16.4 Å². The van der Waals surface area contributed by atoms with Gasteiger partial charge in [0.1, 0.15) is 12.1 Å². The summed E-state index contributed by atoms with van der Waals surface area (Å²) < 4.78 is 0. The van der Waals surface area contributed by atoms with Gasteiger partial charge in [-0.2, -0.15) is 12.6 Å². The van der Waals surface area contributed by atoms with E-state index in [1.807, 2.05) is 30.3 Å². The van der Waals surface area contributed by atoms with Gasteiger partial charge in [0.15, 0.2) is 0 Å². The van der Waals surface area contributed by atoms with E-state index in [9.17, 15) is 14.4 Å². The van der Waals surface area contributed by atoms with Crippen LogP contribution in [0.1, 0.15) is 11.3 Å². The summed E-state index contributed by atoms with van der Waals surface area (Å²) in [5, 5.41) is 14.1. The van der Waals surface area contributed by atoms with Crippen molar-refractivity contribution in [1.82, 2.24) is 20.6 Å². The third kappa shape index (κ3) is 6.39. The molecule has 0 radical (unpaired) electrons. The highest BCUT2D eigenvalue weighted by atomic mass is 32.1. The van der Waals surface area contributed by atoms with E-state index in [4.69, 9.17) is 10.8 Å². The molecule has 1 aromatic heterocycles. The lowest BCUT2D eigenvalue weighted by Gasteiger charge is -2.22. The van der Waals surface area contributed by atoms with E-state index in [-0.39, 0.29) is 12.2 Å². The van der Waals surface area contributed by atoms with E-state index in [1.165, 1.54) is 12.5 Å². The molecule has 1 heterocycles. The number of aromatic amines is 1. The van der Waals surface area contributed by atoms with Crippen molar-refractivity contribution in [1.29, 1.82) is 0 Å². The van der Waals surface area contributed by atoms with E-state index in [2.05, 4.69) is 33.2 Å². The maximum Gasteiger partial charge on any atom is 0.327 e. The van der Waals surface area contributed by atoms with Gasteiger partial charge in [-0.1, -0.05) is 30.3 Å². The number of imidazole rings is 1. The summed E-state index contributed by atoms with van der Waals surface area (Å²) in [6.07, 6.45) is 3.37. The molecular weight excluding hydrogens is 382 g/mol.